The first-order valence-corrected chi connectivity index (χ1v) is 8.86. The normalized spacial score (nSPS) is 14.8. The number of nitrogens with zero attached hydrogens (tertiary/aromatic N) is 2. The van der Waals surface area contributed by atoms with E-state index < -0.39 is 0 Å². The van der Waals surface area contributed by atoms with Crippen LogP contribution in [-0.2, 0) is 4.79 Å². The highest BCUT2D eigenvalue weighted by molar-refractivity contribution is 9.11. The zero-order chi connectivity index (χ0) is 15.5. The lowest BCUT2D eigenvalue weighted by atomic mass is 10.2. The van der Waals surface area contributed by atoms with Crippen LogP contribution in [0.4, 0.5) is 0 Å². The fourth-order valence-electron chi connectivity index (χ4n) is 2.55. The maximum absolute atomic E-state index is 12.1. The molecule has 3 rings (SSSR count). The van der Waals surface area contributed by atoms with Crippen molar-refractivity contribution in [3.63, 3.8) is 0 Å². The molecule has 116 valence electrons. The van der Waals surface area contributed by atoms with Crippen LogP contribution in [0, 0.1) is 0 Å². The summed E-state index contributed by atoms with van der Waals surface area (Å²) < 4.78 is 1.80. The van der Waals surface area contributed by atoms with Crippen molar-refractivity contribution in [2.75, 3.05) is 19.6 Å². The molecule has 1 aliphatic heterocycles. The molecule has 1 saturated heterocycles. The molecule has 0 aliphatic carbocycles. The highest BCUT2D eigenvalue weighted by Gasteiger charge is 2.19. The Morgan fingerprint density at radius 1 is 1.45 bits per heavy atom. The van der Waals surface area contributed by atoms with Crippen LogP contribution in [0.3, 0.4) is 0 Å². The van der Waals surface area contributed by atoms with Gasteiger partial charge in [-0.15, -0.1) is 11.3 Å². The van der Waals surface area contributed by atoms with E-state index >= 15 is 0 Å². The van der Waals surface area contributed by atoms with Gasteiger partial charge in [0.15, 0.2) is 3.92 Å². The van der Waals surface area contributed by atoms with Crippen LogP contribution in [-0.4, -0.2) is 41.3 Å². The second kappa shape index (κ2) is 6.75. The van der Waals surface area contributed by atoms with E-state index in [1.54, 1.807) is 6.07 Å². The second-order valence-corrected chi connectivity index (χ2v) is 7.55. The van der Waals surface area contributed by atoms with E-state index in [2.05, 4.69) is 26.2 Å². The molecule has 0 bridgehead atoms. The molecular formula is C15H16BrN3O2S. The Kier molecular flexibility index (Phi) is 4.73. The van der Waals surface area contributed by atoms with E-state index in [-0.39, 0.29) is 11.8 Å². The van der Waals surface area contributed by atoms with Crippen LogP contribution in [0.5, 0.6) is 0 Å². The number of aromatic nitrogens is 1. The van der Waals surface area contributed by atoms with Gasteiger partial charge < -0.3 is 10.2 Å². The molecule has 1 aromatic carbocycles. The number of carbonyl (C=O) groups is 2. The van der Waals surface area contributed by atoms with Crippen LogP contribution in [0.2, 0.25) is 0 Å². The van der Waals surface area contributed by atoms with Crippen molar-refractivity contribution < 1.29 is 9.59 Å². The smallest absolute Gasteiger partial charge is 0.251 e. The van der Waals surface area contributed by atoms with Gasteiger partial charge in [-0.2, -0.15) is 0 Å². The van der Waals surface area contributed by atoms with E-state index in [0.717, 1.165) is 40.1 Å². The molecule has 0 spiro atoms. The van der Waals surface area contributed by atoms with Crippen LogP contribution in [0.25, 0.3) is 10.2 Å². The third-order valence-electron chi connectivity index (χ3n) is 3.69. The Morgan fingerprint density at radius 3 is 3.09 bits per heavy atom. The molecule has 22 heavy (non-hydrogen) atoms. The molecule has 0 saturated carbocycles. The molecule has 1 aromatic heterocycles. The Morgan fingerprint density at radius 2 is 2.32 bits per heavy atom. The summed E-state index contributed by atoms with van der Waals surface area (Å²) in [6, 6.07) is 5.50. The summed E-state index contributed by atoms with van der Waals surface area (Å²) in [7, 11) is 0. The summed E-state index contributed by atoms with van der Waals surface area (Å²) in [6.45, 7) is 2.15. The van der Waals surface area contributed by atoms with Crippen molar-refractivity contribution in [3.05, 3.63) is 27.7 Å². The maximum Gasteiger partial charge on any atom is 0.251 e. The number of fused-ring (bicyclic) bond motifs is 1. The van der Waals surface area contributed by atoms with Crippen molar-refractivity contribution in [1.82, 2.24) is 15.2 Å². The predicted octanol–water partition coefficient (Wildman–Crippen LogP) is 2.80. The molecule has 1 N–H and O–H groups in total. The molecule has 1 fully saturated rings. The first-order chi connectivity index (χ1) is 10.6. The molecule has 1 aliphatic rings. The second-order valence-electron chi connectivity index (χ2n) is 5.24. The van der Waals surface area contributed by atoms with Crippen LogP contribution >= 0.6 is 27.3 Å². The minimum absolute atomic E-state index is 0.0841. The standard InChI is InChI=1S/C15H16BrN3O2S/c16-15-18-11-5-4-10(9-12(11)22-15)14(21)17-6-2-8-19-7-1-3-13(19)20/h4-5,9H,1-3,6-8H2,(H,17,21). The summed E-state index contributed by atoms with van der Waals surface area (Å²) in [6.07, 6.45) is 2.40. The van der Waals surface area contributed by atoms with Crippen molar-refractivity contribution >= 4 is 49.3 Å². The zero-order valence-electron chi connectivity index (χ0n) is 12.0. The predicted molar refractivity (Wildman–Crippen MR) is 90.1 cm³/mol. The molecule has 2 amide bonds. The van der Waals surface area contributed by atoms with Crippen molar-refractivity contribution in [1.29, 1.82) is 0 Å². The number of thiazole rings is 1. The average molecular weight is 382 g/mol. The van der Waals surface area contributed by atoms with E-state index in [1.165, 1.54) is 11.3 Å². The third-order valence-corrected chi connectivity index (χ3v) is 5.16. The van der Waals surface area contributed by atoms with Gasteiger partial charge in [0, 0.05) is 31.6 Å². The molecule has 5 nitrogen and oxygen atoms in total. The monoisotopic (exact) mass is 381 g/mol. The van der Waals surface area contributed by atoms with Gasteiger partial charge >= 0.3 is 0 Å². The fraction of sp³-hybridized carbons (Fsp3) is 0.400. The van der Waals surface area contributed by atoms with Gasteiger partial charge in [0.05, 0.1) is 10.2 Å². The summed E-state index contributed by atoms with van der Waals surface area (Å²) in [5.41, 5.74) is 1.53. The number of halogens is 1. The maximum atomic E-state index is 12.1. The quantitative estimate of drug-likeness (QED) is 0.809. The van der Waals surface area contributed by atoms with Gasteiger partial charge in [0.2, 0.25) is 5.91 Å². The highest BCUT2D eigenvalue weighted by Crippen LogP contribution is 2.26. The largest absolute Gasteiger partial charge is 0.352 e. The van der Waals surface area contributed by atoms with Crippen molar-refractivity contribution in [3.8, 4) is 0 Å². The van der Waals surface area contributed by atoms with E-state index in [0.29, 0.717) is 18.5 Å². The van der Waals surface area contributed by atoms with E-state index in [9.17, 15) is 9.59 Å². The Hall–Kier alpha value is -1.47. The molecule has 0 unspecified atom stereocenters. The zero-order valence-corrected chi connectivity index (χ0v) is 14.4. The van der Waals surface area contributed by atoms with Crippen molar-refractivity contribution in [2.45, 2.75) is 19.3 Å². The topological polar surface area (TPSA) is 62.3 Å². The first-order valence-electron chi connectivity index (χ1n) is 7.25. The molecule has 2 aromatic rings. The lowest BCUT2D eigenvalue weighted by molar-refractivity contribution is -0.127. The van der Waals surface area contributed by atoms with Gasteiger partial charge in [0.1, 0.15) is 0 Å². The van der Waals surface area contributed by atoms with E-state index in [1.807, 2.05) is 17.0 Å². The van der Waals surface area contributed by atoms with Crippen LogP contribution in [0.15, 0.2) is 22.1 Å². The Balaban J connectivity index is 1.51. The molecule has 0 atom stereocenters. The lowest BCUT2D eigenvalue weighted by Crippen LogP contribution is -2.30. The van der Waals surface area contributed by atoms with E-state index in [4.69, 9.17) is 0 Å². The third kappa shape index (κ3) is 3.47. The summed E-state index contributed by atoms with van der Waals surface area (Å²) in [4.78, 5) is 29.8. The minimum Gasteiger partial charge on any atom is -0.352 e. The number of hydrogen-bond acceptors (Lipinski definition) is 4. The average Bonchev–Trinajstić information content (AvgIpc) is 3.07. The number of carbonyl (C=O) groups excluding carboxylic acids is 2. The Labute approximate surface area is 140 Å². The Bertz CT molecular complexity index is 716. The number of benzene rings is 1. The number of hydrogen-bond donors (Lipinski definition) is 1. The summed E-state index contributed by atoms with van der Waals surface area (Å²) >= 11 is 4.86. The molecular weight excluding hydrogens is 366 g/mol. The SMILES string of the molecule is O=C(NCCCN1CCCC1=O)c1ccc2nc(Br)sc2c1. The number of rotatable bonds is 5. The fourth-order valence-corrected chi connectivity index (χ4v) is 4.00. The van der Waals surface area contributed by atoms with Gasteiger partial charge in [-0.3, -0.25) is 9.59 Å². The minimum atomic E-state index is -0.0841. The van der Waals surface area contributed by atoms with Crippen LogP contribution < -0.4 is 5.32 Å². The molecule has 0 radical (unpaired) electrons. The number of likely N-dealkylation sites (tertiary alicyclic amines) is 1. The van der Waals surface area contributed by atoms with Crippen molar-refractivity contribution in [2.24, 2.45) is 0 Å². The number of nitrogens with one attached hydrogen (secondary N) is 1. The summed E-state index contributed by atoms with van der Waals surface area (Å²) in [5.74, 6) is 0.145. The van der Waals surface area contributed by atoms with Crippen LogP contribution in [0.1, 0.15) is 29.6 Å². The van der Waals surface area contributed by atoms with Gasteiger partial charge in [0.25, 0.3) is 5.91 Å². The molecule has 2 heterocycles. The highest BCUT2D eigenvalue weighted by atomic mass is 79.9. The molecule has 7 heteroatoms. The lowest BCUT2D eigenvalue weighted by Gasteiger charge is -2.15. The van der Waals surface area contributed by atoms with Gasteiger partial charge in [-0.1, -0.05) is 0 Å². The van der Waals surface area contributed by atoms with Gasteiger partial charge in [-0.05, 0) is 47.0 Å². The number of amides is 2. The van der Waals surface area contributed by atoms with Gasteiger partial charge in [-0.25, -0.2) is 4.98 Å². The first kappa shape index (κ1) is 15.4. The summed E-state index contributed by atoms with van der Waals surface area (Å²) in [5, 5.41) is 2.90.